The van der Waals surface area contributed by atoms with Crippen LogP contribution in [0.4, 0.5) is 11.4 Å². The van der Waals surface area contributed by atoms with Crippen molar-refractivity contribution in [3.05, 3.63) is 33.9 Å². The largest absolute Gasteiger partial charge is 0.366 e. The highest BCUT2D eigenvalue weighted by atomic mass is 16.6. The Kier molecular flexibility index (Phi) is 5.03. The van der Waals surface area contributed by atoms with Gasteiger partial charge in [-0.25, -0.2) is 0 Å². The van der Waals surface area contributed by atoms with Crippen molar-refractivity contribution in [1.29, 1.82) is 0 Å². The summed E-state index contributed by atoms with van der Waals surface area (Å²) >= 11 is 0. The van der Waals surface area contributed by atoms with Gasteiger partial charge in [0.25, 0.3) is 5.69 Å². The molecule has 5 heteroatoms. The first kappa shape index (κ1) is 15.1. The fraction of sp³-hybridized carbons (Fsp3) is 0.500. The van der Waals surface area contributed by atoms with Gasteiger partial charge in [0.2, 0.25) is 0 Å². The zero-order valence-electron chi connectivity index (χ0n) is 11.8. The molecule has 104 valence electrons. The molecule has 0 amide bonds. The van der Waals surface area contributed by atoms with Crippen LogP contribution in [0, 0.1) is 10.1 Å². The number of nitro groups is 1. The van der Waals surface area contributed by atoms with Gasteiger partial charge in [-0.3, -0.25) is 14.9 Å². The molecule has 1 atom stereocenters. The zero-order chi connectivity index (χ0) is 14.6. The van der Waals surface area contributed by atoms with Gasteiger partial charge in [-0.2, -0.15) is 0 Å². The van der Waals surface area contributed by atoms with Crippen molar-refractivity contribution in [3.63, 3.8) is 0 Å². The Labute approximate surface area is 113 Å². The van der Waals surface area contributed by atoms with Gasteiger partial charge in [0.05, 0.1) is 4.92 Å². The second-order valence-corrected chi connectivity index (χ2v) is 4.77. The average molecular weight is 264 g/mol. The van der Waals surface area contributed by atoms with Crippen molar-refractivity contribution in [3.8, 4) is 0 Å². The van der Waals surface area contributed by atoms with Crippen LogP contribution >= 0.6 is 0 Å². The molecule has 0 saturated carbocycles. The number of hydrogen-bond acceptors (Lipinski definition) is 4. The smallest absolute Gasteiger partial charge is 0.293 e. The summed E-state index contributed by atoms with van der Waals surface area (Å²) in [5.41, 5.74) is 0.904. The van der Waals surface area contributed by atoms with Gasteiger partial charge in [0, 0.05) is 24.7 Å². The minimum Gasteiger partial charge on any atom is -0.366 e. The topological polar surface area (TPSA) is 63.5 Å². The van der Waals surface area contributed by atoms with E-state index in [4.69, 9.17) is 0 Å². The summed E-state index contributed by atoms with van der Waals surface area (Å²) < 4.78 is 0. The van der Waals surface area contributed by atoms with Gasteiger partial charge in [-0.15, -0.1) is 0 Å². The summed E-state index contributed by atoms with van der Waals surface area (Å²) in [4.78, 5) is 23.9. The van der Waals surface area contributed by atoms with E-state index in [2.05, 4.69) is 6.92 Å². The van der Waals surface area contributed by atoms with E-state index in [1.807, 2.05) is 18.9 Å². The van der Waals surface area contributed by atoms with Crippen molar-refractivity contribution in [2.75, 3.05) is 11.9 Å². The maximum Gasteiger partial charge on any atom is 0.293 e. The summed E-state index contributed by atoms with van der Waals surface area (Å²) in [5, 5.41) is 11.1. The lowest BCUT2D eigenvalue weighted by Gasteiger charge is -2.26. The lowest BCUT2D eigenvalue weighted by atomic mass is 10.1. The average Bonchev–Trinajstić information content (AvgIpc) is 2.37. The number of nitro benzene ring substituents is 1. The number of hydrogen-bond donors (Lipinski definition) is 0. The first-order valence-corrected chi connectivity index (χ1v) is 6.40. The highest BCUT2D eigenvalue weighted by Crippen LogP contribution is 2.30. The molecule has 1 aromatic carbocycles. The third-order valence-corrected chi connectivity index (χ3v) is 3.33. The summed E-state index contributed by atoms with van der Waals surface area (Å²) in [7, 11) is 1.84. The van der Waals surface area contributed by atoms with E-state index in [-0.39, 0.29) is 17.5 Å². The molecule has 0 heterocycles. The van der Waals surface area contributed by atoms with Crippen molar-refractivity contribution in [1.82, 2.24) is 0 Å². The van der Waals surface area contributed by atoms with E-state index >= 15 is 0 Å². The van der Waals surface area contributed by atoms with Crippen molar-refractivity contribution in [2.24, 2.45) is 0 Å². The van der Waals surface area contributed by atoms with Crippen molar-refractivity contribution in [2.45, 2.75) is 39.7 Å². The number of Topliss-reactive ketones (excluding diaryl/α,β-unsaturated/α-hetero) is 1. The molecular weight excluding hydrogens is 244 g/mol. The third kappa shape index (κ3) is 3.53. The Morgan fingerprint density at radius 1 is 1.47 bits per heavy atom. The Morgan fingerprint density at radius 2 is 2.11 bits per heavy atom. The monoisotopic (exact) mass is 264 g/mol. The summed E-state index contributed by atoms with van der Waals surface area (Å²) in [6.45, 7) is 5.52. The summed E-state index contributed by atoms with van der Waals surface area (Å²) in [6, 6.07) is 4.86. The zero-order valence-corrected chi connectivity index (χ0v) is 11.8. The van der Waals surface area contributed by atoms with Crippen LogP contribution in [-0.2, 0) is 0 Å². The highest BCUT2D eigenvalue weighted by molar-refractivity contribution is 5.95. The highest BCUT2D eigenvalue weighted by Gasteiger charge is 2.21. The molecule has 0 bridgehead atoms. The Balaban J connectivity index is 3.20. The van der Waals surface area contributed by atoms with E-state index in [0.29, 0.717) is 11.3 Å². The molecule has 1 aromatic rings. The first-order valence-electron chi connectivity index (χ1n) is 6.40. The lowest BCUT2D eigenvalue weighted by Crippen LogP contribution is -2.29. The van der Waals surface area contributed by atoms with Gasteiger partial charge in [0.15, 0.2) is 5.78 Å². The van der Waals surface area contributed by atoms with Crippen LogP contribution in [0.25, 0.3) is 0 Å². The van der Waals surface area contributed by atoms with E-state index in [0.717, 1.165) is 12.8 Å². The molecule has 0 aliphatic carbocycles. The van der Waals surface area contributed by atoms with E-state index in [9.17, 15) is 14.9 Å². The van der Waals surface area contributed by atoms with Crippen LogP contribution < -0.4 is 4.90 Å². The molecular formula is C14H20N2O3. The first-order chi connectivity index (χ1) is 8.88. The SMILES string of the molecule is CCCC(C)N(C)c1ccc(C(C)=O)cc1[N+](=O)[O-]. The minimum atomic E-state index is -0.434. The number of rotatable bonds is 6. The van der Waals surface area contributed by atoms with Gasteiger partial charge >= 0.3 is 0 Å². The molecule has 1 rings (SSSR count). The Hall–Kier alpha value is -1.91. The molecule has 0 radical (unpaired) electrons. The lowest BCUT2D eigenvalue weighted by molar-refractivity contribution is -0.384. The van der Waals surface area contributed by atoms with E-state index in [1.54, 1.807) is 12.1 Å². The quantitative estimate of drug-likeness (QED) is 0.448. The molecule has 0 aromatic heterocycles. The molecule has 0 N–H and O–H groups in total. The van der Waals surface area contributed by atoms with Crippen LogP contribution in [0.3, 0.4) is 0 Å². The van der Waals surface area contributed by atoms with Crippen LogP contribution in [0.15, 0.2) is 18.2 Å². The van der Waals surface area contributed by atoms with Gasteiger partial charge < -0.3 is 4.90 Å². The second kappa shape index (κ2) is 6.31. The molecule has 5 nitrogen and oxygen atoms in total. The number of benzene rings is 1. The standard InChI is InChI=1S/C14H20N2O3/c1-5-6-10(2)15(4)13-8-7-12(11(3)17)9-14(13)16(18)19/h7-10H,5-6H2,1-4H3. The van der Waals surface area contributed by atoms with Gasteiger partial charge in [-0.05, 0) is 32.4 Å². The van der Waals surface area contributed by atoms with E-state index < -0.39 is 4.92 Å². The van der Waals surface area contributed by atoms with Crippen LogP contribution in [0.2, 0.25) is 0 Å². The van der Waals surface area contributed by atoms with Gasteiger partial charge in [-0.1, -0.05) is 13.3 Å². The fourth-order valence-corrected chi connectivity index (χ4v) is 2.04. The molecule has 19 heavy (non-hydrogen) atoms. The summed E-state index contributed by atoms with van der Waals surface area (Å²) in [6.07, 6.45) is 1.98. The molecule has 1 unspecified atom stereocenters. The van der Waals surface area contributed by atoms with Crippen LogP contribution in [0.5, 0.6) is 0 Å². The maximum absolute atomic E-state index is 11.3. The minimum absolute atomic E-state index is 0.0156. The maximum atomic E-state index is 11.3. The molecule has 0 saturated heterocycles. The predicted octanol–water partition coefficient (Wildman–Crippen LogP) is 3.42. The molecule has 0 aliphatic heterocycles. The normalized spacial score (nSPS) is 12.0. The number of ketones is 1. The molecule has 0 fully saturated rings. The number of carbonyl (C=O) groups excluding carboxylic acids is 1. The number of nitrogens with zero attached hydrogens (tertiary/aromatic N) is 2. The van der Waals surface area contributed by atoms with Gasteiger partial charge in [0.1, 0.15) is 5.69 Å². The third-order valence-electron chi connectivity index (χ3n) is 3.33. The predicted molar refractivity (Wildman–Crippen MR) is 75.9 cm³/mol. The number of carbonyl (C=O) groups is 1. The van der Waals surface area contributed by atoms with Crippen LogP contribution in [-0.4, -0.2) is 23.8 Å². The van der Waals surface area contributed by atoms with Crippen molar-refractivity contribution >= 4 is 17.2 Å². The fourth-order valence-electron chi connectivity index (χ4n) is 2.04. The molecule has 0 spiro atoms. The summed E-state index contributed by atoms with van der Waals surface area (Å²) in [5.74, 6) is -0.168. The van der Waals surface area contributed by atoms with E-state index in [1.165, 1.54) is 13.0 Å². The Bertz CT molecular complexity index is 486. The van der Waals surface area contributed by atoms with Crippen molar-refractivity contribution < 1.29 is 9.72 Å². The Morgan fingerprint density at radius 3 is 2.58 bits per heavy atom. The number of anilines is 1. The molecule has 0 aliphatic rings. The second-order valence-electron chi connectivity index (χ2n) is 4.77. The van der Waals surface area contributed by atoms with Crippen LogP contribution in [0.1, 0.15) is 44.0 Å².